The van der Waals surface area contributed by atoms with Crippen molar-refractivity contribution < 1.29 is 0 Å². The number of anilines is 2. The lowest BCUT2D eigenvalue weighted by Crippen LogP contribution is -2.46. The molecule has 0 atom stereocenters. The third-order valence-electron chi connectivity index (χ3n) is 4.81. The van der Waals surface area contributed by atoms with E-state index in [-0.39, 0.29) is 0 Å². The number of hydrogen-bond donors (Lipinski definition) is 0. The van der Waals surface area contributed by atoms with Crippen LogP contribution >= 0.6 is 0 Å². The lowest BCUT2D eigenvalue weighted by Gasteiger charge is -2.36. The zero-order valence-electron chi connectivity index (χ0n) is 14.7. The van der Waals surface area contributed by atoms with Crippen LogP contribution in [0, 0.1) is 0 Å². The van der Waals surface area contributed by atoms with Crippen LogP contribution in [-0.2, 0) is 0 Å². The van der Waals surface area contributed by atoms with Crippen molar-refractivity contribution in [2.45, 2.75) is 0 Å². The van der Waals surface area contributed by atoms with Gasteiger partial charge in [-0.3, -0.25) is 4.98 Å². The van der Waals surface area contributed by atoms with Gasteiger partial charge in [0.2, 0.25) is 0 Å². The summed E-state index contributed by atoms with van der Waals surface area (Å²) in [6.07, 6.45) is 10.6. The number of fused-ring (bicyclic) bond motifs is 1. The van der Waals surface area contributed by atoms with E-state index in [1.807, 2.05) is 24.7 Å². The molecule has 0 saturated carbocycles. The molecule has 5 rings (SSSR count). The van der Waals surface area contributed by atoms with E-state index in [9.17, 15) is 0 Å². The number of piperazine rings is 1. The lowest BCUT2D eigenvalue weighted by atomic mass is 10.2. The number of rotatable bonds is 3. The topological polar surface area (TPSA) is 75.9 Å². The molecule has 0 N–H and O–H groups in total. The molecule has 134 valence electrons. The lowest BCUT2D eigenvalue weighted by molar-refractivity contribution is 0.644. The van der Waals surface area contributed by atoms with Gasteiger partial charge in [-0.15, -0.1) is 0 Å². The molecule has 3 aromatic heterocycles. The first-order valence-corrected chi connectivity index (χ1v) is 8.88. The van der Waals surface area contributed by atoms with Gasteiger partial charge in [-0.05, 0) is 24.3 Å². The van der Waals surface area contributed by atoms with Crippen molar-refractivity contribution in [1.29, 1.82) is 0 Å². The molecule has 1 fully saturated rings. The van der Waals surface area contributed by atoms with Crippen LogP contribution in [0.15, 0.2) is 61.6 Å². The van der Waals surface area contributed by atoms with E-state index in [0.29, 0.717) is 0 Å². The standard InChI is InChI=1S/C19H18N8/c1-4-23-27(5-1)19-13-20-12-18(24-19)26-8-6-25(7-9-26)16-2-3-17-15(10-16)11-21-14-22-17/h1-5,10-14H,6-9H2. The molecule has 4 heterocycles. The number of hydrogen-bond acceptors (Lipinski definition) is 7. The summed E-state index contributed by atoms with van der Waals surface area (Å²) < 4.78 is 1.73. The van der Waals surface area contributed by atoms with Crippen molar-refractivity contribution in [3.8, 4) is 5.82 Å². The van der Waals surface area contributed by atoms with Crippen LogP contribution in [0.5, 0.6) is 0 Å². The Labute approximate surface area is 156 Å². The highest BCUT2D eigenvalue weighted by atomic mass is 15.3. The third-order valence-corrected chi connectivity index (χ3v) is 4.81. The molecule has 8 nitrogen and oxygen atoms in total. The maximum absolute atomic E-state index is 4.71. The monoisotopic (exact) mass is 358 g/mol. The van der Waals surface area contributed by atoms with Crippen LogP contribution in [0.2, 0.25) is 0 Å². The normalized spacial score (nSPS) is 14.7. The Morgan fingerprint density at radius 2 is 1.70 bits per heavy atom. The molecule has 0 amide bonds. The highest BCUT2D eigenvalue weighted by Gasteiger charge is 2.19. The Morgan fingerprint density at radius 1 is 0.852 bits per heavy atom. The van der Waals surface area contributed by atoms with Crippen LogP contribution in [0.1, 0.15) is 0 Å². The van der Waals surface area contributed by atoms with Crippen molar-refractivity contribution in [3.05, 3.63) is 61.6 Å². The molecule has 1 aromatic carbocycles. The van der Waals surface area contributed by atoms with Crippen LogP contribution in [-0.4, -0.2) is 55.9 Å². The SMILES string of the molecule is c1cnn(-c2cncc(N3CCN(c4ccc5ncncc5c4)CC3)n2)c1. The minimum Gasteiger partial charge on any atom is -0.368 e. The molecular formula is C19H18N8. The minimum absolute atomic E-state index is 0.731. The predicted octanol–water partition coefficient (Wildman–Crippen LogP) is 1.93. The second-order valence-corrected chi connectivity index (χ2v) is 6.43. The van der Waals surface area contributed by atoms with E-state index < -0.39 is 0 Å². The van der Waals surface area contributed by atoms with Gasteiger partial charge < -0.3 is 9.80 Å². The molecule has 27 heavy (non-hydrogen) atoms. The van der Waals surface area contributed by atoms with E-state index in [1.54, 1.807) is 23.4 Å². The summed E-state index contributed by atoms with van der Waals surface area (Å²) in [7, 11) is 0. The second-order valence-electron chi connectivity index (χ2n) is 6.43. The highest BCUT2D eigenvalue weighted by molar-refractivity contribution is 5.81. The number of benzene rings is 1. The average molecular weight is 358 g/mol. The van der Waals surface area contributed by atoms with E-state index in [2.05, 4.69) is 48.0 Å². The summed E-state index contributed by atoms with van der Waals surface area (Å²) in [6, 6.07) is 8.21. The van der Waals surface area contributed by atoms with Gasteiger partial charge in [-0.1, -0.05) is 0 Å². The zero-order valence-corrected chi connectivity index (χ0v) is 14.7. The fourth-order valence-corrected chi connectivity index (χ4v) is 3.38. The first-order valence-electron chi connectivity index (χ1n) is 8.88. The van der Waals surface area contributed by atoms with Gasteiger partial charge in [-0.25, -0.2) is 19.6 Å². The third kappa shape index (κ3) is 3.05. The minimum atomic E-state index is 0.731. The van der Waals surface area contributed by atoms with Crippen molar-refractivity contribution in [2.75, 3.05) is 36.0 Å². The van der Waals surface area contributed by atoms with Gasteiger partial charge in [0, 0.05) is 55.8 Å². The largest absolute Gasteiger partial charge is 0.368 e. The Balaban J connectivity index is 1.32. The molecule has 0 radical (unpaired) electrons. The van der Waals surface area contributed by atoms with E-state index in [4.69, 9.17) is 4.98 Å². The van der Waals surface area contributed by atoms with Crippen LogP contribution in [0.3, 0.4) is 0 Å². The van der Waals surface area contributed by atoms with Crippen molar-refractivity contribution in [2.24, 2.45) is 0 Å². The number of aromatic nitrogens is 6. The van der Waals surface area contributed by atoms with Crippen molar-refractivity contribution in [3.63, 3.8) is 0 Å². The molecule has 0 unspecified atom stereocenters. The summed E-state index contributed by atoms with van der Waals surface area (Å²) in [5.41, 5.74) is 2.17. The summed E-state index contributed by atoms with van der Waals surface area (Å²) in [5, 5.41) is 5.29. The fraction of sp³-hybridized carbons (Fsp3) is 0.211. The molecule has 1 aliphatic heterocycles. The maximum atomic E-state index is 4.71. The van der Waals surface area contributed by atoms with Crippen LogP contribution in [0.25, 0.3) is 16.7 Å². The molecule has 1 aliphatic rings. The summed E-state index contributed by atoms with van der Waals surface area (Å²) >= 11 is 0. The molecule has 4 aromatic rings. The fourth-order valence-electron chi connectivity index (χ4n) is 3.38. The quantitative estimate of drug-likeness (QED) is 0.554. The summed E-state index contributed by atoms with van der Waals surface area (Å²) in [6.45, 7) is 3.63. The van der Waals surface area contributed by atoms with Crippen molar-refractivity contribution in [1.82, 2.24) is 29.7 Å². The highest BCUT2D eigenvalue weighted by Crippen LogP contribution is 2.23. The molecular weight excluding hydrogens is 340 g/mol. The summed E-state index contributed by atoms with van der Waals surface area (Å²) in [4.78, 5) is 22.1. The summed E-state index contributed by atoms with van der Waals surface area (Å²) in [5.74, 6) is 1.61. The van der Waals surface area contributed by atoms with E-state index in [1.165, 1.54) is 5.69 Å². The smallest absolute Gasteiger partial charge is 0.173 e. The van der Waals surface area contributed by atoms with Crippen LogP contribution < -0.4 is 9.80 Å². The molecule has 0 spiro atoms. The molecule has 8 heteroatoms. The first kappa shape index (κ1) is 15.7. The molecule has 0 aliphatic carbocycles. The zero-order chi connectivity index (χ0) is 18.1. The van der Waals surface area contributed by atoms with Crippen LogP contribution in [0.4, 0.5) is 11.5 Å². The Morgan fingerprint density at radius 3 is 2.56 bits per heavy atom. The Kier molecular flexibility index (Phi) is 3.86. The Bertz CT molecular complexity index is 1050. The predicted molar refractivity (Wildman–Crippen MR) is 103 cm³/mol. The Hall–Kier alpha value is -3.55. The molecule has 0 bridgehead atoms. The molecule has 1 saturated heterocycles. The average Bonchev–Trinajstić information content (AvgIpc) is 3.29. The number of nitrogens with zero attached hydrogens (tertiary/aromatic N) is 8. The first-order chi connectivity index (χ1) is 13.4. The van der Waals surface area contributed by atoms with E-state index in [0.717, 1.165) is 48.7 Å². The van der Waals surface area contributed by atoms with Gasteiger partial charge in [0.1, 0.15) is 12.1 Å². The van der Waals surface area contributed by atoms with Gasteiger partial charge in [0.05, 0.1) is 17.9 Å². The maximum Gasteiger partial charge on any atom is 0.173 e. The van der Waals surface area contributed by atoms with Crippen molar-refractivity contribution >= 4 is 22.4 Å². The van der Waals surface area contributed by atoms with Gasteiger partial charge in [0.25, 0.3) is 0 Å². The second kappa shape index (κ2) is 6.64. The van der Waals surface area contributed by atoms with Gasteiger partial charge >= 0.3 is 0 Å². The van der Waals surface area contributed by atoms with Gasteiger partial charge in [0.15, 0.2) is 5.82 Å². The van der Waals surface area contributed by atoms with E-state index >= 15 is 0 Å². The van der Waals surface area contributed by atoms with Gasteiger partial charge in [-0.2, -0.15) is 5.10 Å².